The van der Waals surface area contributed by atoms with Crippen molar-refractivity contribution in [3.05, 3.63) is 42.5 Å². The van der Waals surface area contributed by atoms with Crippen LogP contribution in [0.5, 0.6) is 5.75 Å². The van der Waals surface area contributed by atoms with Crippen LogP contribution in [0.2, 0.25) is 0 Å². The quantitative estimate of drug-likeness (QED) is 0.518. The van der Waals surface area contributed by atoms with Crippen molar-refractivity contribution in [3.8, 4) is 5.75 Å². The SMILES string of the molecule is C=CCOc1ccc(C2CO2)cc1. The van der Waals surface area contributed by atoms with Crippen LogP contribution in [0.3, 0.4) is 0 Å². The third-order valence-electron chi connectivity index (χ3n) is 1.95. The fraction of sp³-hybridized carbons (Fsp3) is 0.273. The summed E-state index contributed by atoms with van der Waals surface area (Å²) in [6.45, 7) is 5.00. The van der Waals surface area contributed by atoms with E-state index in [4.69, 9.17) is 9.47 Å². The molecule has 2 nitrogen and oxygen atoms in total. The second kappa shape index (κ2) is 3.62. The van der Waals surface area contributed by atoms with Crippen LogP contribution in [-0.2, 0) is 4.74 Å². The Kier molecular flexibility index (Phi) is 2.32. The van der Waals surface area contributed by atoms with Crippen molar-refractivity contribution in [3.63, 3.8) is 0 Å². The lowest BCUT2D eigenvalue weighted by Crippen LogP contribution is -1.92. The van der Waals surface area contributed by atoms with Gasteiger partial charge in [-0.3, -0.25) is 0 Å². The van der Waals surface area contributed by atoms with E-state index in [1.807, 2.05) is 24.3 Å². The van der Waals surface area contributed by atoms with Gasteiger partial charge in [0.1, 0.15) is 18.5 Å². The molecule has 1 heterocycles. The fourth-order valence-electron chi connectivity index (χ4n) is 1.17. The summed E-state index contributed by atoms with van der Waals surface area (Å²) in [6.07, 6.45) is 2.06. The van der Waals surface area contributed by atoms with Crippen molar-refractivity contribution in [1.29, 1.82) is 0 Å². The highest BCUT2D eigenvalue weighted by Gasteiger charge is 2.24. The highest BCUT2D eigenvalue weighted by atomic mass is 16.6. The van der Waals surface area contributed by atoms with Gasteiger partial charge in [0.25, 0.3) is 0 Å². The molecular formula is C11H12O2. The maximum Gasteiger partial charge on any atom is 0.119 e. The molecule has 1 unspecified atom stereocenters. The molecule has 1 aromatic rings. The molecule has 1 atom stereocenters. The van der Waals surface area contributed by atoms with Gasteiger partial charge in [-0.05, 0) is 17.7 Å². The van der Waals surface area contributed by atoms with Gasteiger partial charge in [-0.2, -0.15) is 0 Å². The van der Waals surface area contributed by atoms with Crippen LogP contribution in [-0.4, -0.2) is 13.2 Å². The zero-order valence-corrected chi connectivity index (χ0v) is 7.40. The molecule has 0 bridgehead atoms. The van der Waals surface area contributed by atoms with Crippen molar-refractivity contribution >= 4 is 0 Å². The Balaban J connectivity index is 2.00. The molecule has 68 valence electrons. The summed E-state index contributed by atoms with van der Waals surface area (Å²) < 4.78 is 10.5. The Labute approximate surface area is 77.8 Å². The molecule has 0 aromatic heterocycles. The lowest BCUT2D eigenvalue weighted by Gasteiger charge is -2.02. The van der Waals surface area contributed by atoms with Gasteiger partial charge in [0.05, 0.1) is 6.61 Å². The topological polar surface area (TPSA) is 21.8 Å². The Hall–Kier alpha value is -1.28. The normalized spacial score (nSPS) is 19.5. The Morgan fingerprint density at radius 1 is 1.46 bits per heavy atom. The summed E-state index contributed by atoms with van der Waals surface area (Å²) in [5.41, 5.74) is 1.23. The number of ether oxygens (including phenoxy) is 2. The molecule has 0 spiro atoms. The zero-order valence-electron chi connectivity index (χ0n) is 7.40. The van der Waals surface area contributed by atoms with E-state index in [2.05, 4.69) is 6.58 Å². The van der Waals surface area contributed by atoms with Crippen molar-refractivity contribution in [2.45, 2.75) is 6.10 Å². The molecule has 0 amide bonds. The van der Waals surface area contributed by atoms with E-state index in [9.17, 15) is 0 Å². The summed E-state index contributed by atoms with van der Waals surface area (Å²) in [7, 11) is 0. The molecular weight excluding hydrogens is 164 g/mol. The first kappa shape index (κ1) is 8.32. The molecule has 2 rings (SSSR count). The summed E-state index contributed by atoms with van der Waals surface area (Å²) >= 11 is 0. The minimum atomic E-state index is 0.327. The highest BCUT2D eigenvalue weighted by molar-refractivity contribution is 5.29. The van der Waals surface area contributed by atoms with Gasteiger partial charge in [0.2, 0.25) is 0 Å². The van der Waals surface area contributed by atoms with Gasteiger partial charge in [-0.25, -0.2) is 0 Å². The number of rotatable bonds is 4. The average molecular weight is 176 g/mol. The zero-order chi connectivity index (χ0) is 9.10. The molecule has 0 saturated carbocycles. The van der Waals surface area contributed by atoms with E-state index in [1.165, 1.54) is 5.56 Å². The van der Waals surface area contributed by atoms with E-state index in [-0.39, 0.29) is 0 Å². The molecule has 1 saturated heterocycles. The van der Waals surface area contributed by atoms with Crippen molar-refractivity contribution in [1.82, 2.24) is 0 Å². The van der Waals surface area contributed by atoms with Crippen LogP contribution in [0.15, 0.2) is 36.9 Å². The second-order valence-electron chi connectivity index (χ2n) is 2.99. The minimum Gasteiger partial charge on any atom is -0.490 e. The average Bonchev–Trinajstić information content (AvgIpc) is 2.99. The van der Waals surface area contributed by atoms with Crippen LogP contribution in [0.1, 0.15) is 11.7 Å². The molecule has 0 aliphatic carbocycles. The molecule has 0 N–H and O–H groups in total. The lowest BCUT2D eigenvalue weighted by molar-refractivity contribution is 0.362. The largest absolute Gasteiger partial charge is 0.490 e. The second-order valence-corrected chi connectivity index (χ2v) is 2.99. The van der Waals surface area contributed by atoms with E-state index in [1.54, 1.807) is 6.08 Å². The van der Waals surface area contributed by atoms with Gasteiger partial charge < -0.3 is 9.47 Å². The Morgan fingerprint density at radius 2 is 2.15 bits per heavy atom. The minimum absolute atomic E-state index is 0.327. The third kappa shape index (κ3) is 2.10. The van der Waals surface area contributed by atoms with Gasteiger partial charge in [0, 0.05) is 0 Å². The smallest absolute Gasteiger partial charge is 0.119 e. The first-order valence-corrected chi connectivity index (χ1v) is 4.35. The van der Waals surface area contributed by atoms with Crippen molar-refractivity contribution in [2.75, 3.05) is 13.2 Å². The lowest BCUT2D eigenvalue weighted by atomic mass is 10.2. The Bertz CT molecular complexity index is 285. The molecule has 1 fully saturated rings. The summed E-state index contributed by atoms with van der Waals surface area (Å²) in [4.78, 5) is 0. The standard InChI is InChI=1S/C11H12O2/c1-2-7-12-10-5-3-9(4-6-10)11-8-13-11/h2-6,11H,1,7-8H2. The van der Waals surface area contributed by atoms with Crippen molar-refractivity contribution < 1.29 is 9.47 Å². The first-order valence-electron chi connectivity index (χ1n) is 4.35. The maximum atomic E-state index is 5.35. The van der Waals surface area contributed by atoms with Gasteiger partial charge in [-0.1, -0.05) is 24.8 Å². The molecule has 2 heteroatoms. The predicted molar refractivity (Wildman–Crippen MR) is 50.8 cm³/mol. The Morgan fingerprint density at radius 3 is 2.69 bits per heavy atom. The summed E-state index contributed by atoms with van der Waals surface area (Å²) in [6, 6.07) is 7.99. The molecule has 13 heavy (non-hydrogen) atoms. The van der Waals surface area contributed by atoms with Crippen LogP contribution in [0.4, 0.5) is 0 Å². The van der Waals surface area contributed by atoms with Crippen LogP contribution in [0, 0.1) is 0 Å². The van der Waals surface area contributed by atoms with Crippen LogP contribution in [0.25, 0.3) is 0 Å². The van der Waals surface area contributed by atoms with E-state index < -0.39 is 0 Å². The van der Waals surface area contributed by atoms with Crippen LogP contribution < -0.4 is 4.74 Å². The van der Waals surface area contributed by atoms with E-state index in [0.29, 0.717) is 12.7 Å². The highest BCUT2D eigenvalue weighted by Crippen LogP contribution is 2.30. The maximum absolute atomic E-state index is 5.35. The molecule has 1 aliphatic rings. The molecule has 1 aromatic carbocycles. The van der Waals surface area contributed by atoms with Gasteiger partial charge >= 0.3 is 0 Å². The van der Waals surface area contributed by atoms with Crippen molar-refractivity contribution in [2.24, 2.45) is 0 Å². The van der Waals surface area contributed by atoms with E-state index in [0.717, 1.165) is 12.4 Å². The number of hydrogen-bond acceptors (Lipinski definition) is 2. The summed E-state index contributed by atoms with van der Waals surface area (Å²) in [5, 5.41) is 0. The monoisotopic (exact) mass is 176 g/mol. The first-order chi connectivity index (χ1) is 6.40. The molecule has 0 radical (unpaired) electrons. The predicted octanol–water partition coefficient (Wildman–Crippen LogP) is 2.32. The number of benzene rings is 1. The number of epoxide rings is 1. The summed E-state index contributed by atoms with van der Waals surface area (Å²) in [5.74, 6) is 0.879. The number of hydrogen-bond donors (Lipinski definition) is 0. The fourth-order valence-corrected chi connectivity index (χ4v) is 1.17. The third-order valence-corrected chi connectivity index (χ3v) is 1.95. The van der Waals surface area contributed by atoms with E-state index >= 15 is 0 Å². The van der Waals surface area contributed by atoms with Gasteiger partial charge in [-0.15, -0.1) is 0 Å². The molecule has 1 aliphatic heterocycles. The van der Waals surface area contributed by atoms with Gasteiger partial charge in [0.15, 0.2) is 0 Å². The van der Waals surface area contributed by atoms with Crippen LogP contribution >= 0.6 is 0 Å².